The second-order valence-electron chi connectivity index (χ2n) is 9.04. The number of ether oxygens (including phenoxy) is 1. The molecule has 2 fully saturated rings. The summed E-state index contributed by atoms with van der Waals surface area (Å²) in [7, 11) is 0. The van der Waals surface area contributed by atoms with E-state index < -0.39 is 0 Å². The number of benzene rings is 1. The van der Waals surface area contributed by atoms with Crippen molar-refractivity contribution >= 4 is 34.0 Å². The average molecular weight is 478 g/mol. The van der Waals surface area contributed by atoms with Crippen LogP contribution in [-0.2, 0) is 4.74 Å². The molecule has 2 aromatic heterocycles. The van der Waals surface area contributed by atoms with Crippen LogP contribution in [0.25, 0.3) is 10.9 Å². The van der Waals surface area contributed by atoms with Gasteiger partial charge in [-0.3, -0.25) is 9.88 Å². The Hall–Kier alpha value is -2.99. The molecule has 2 atom stereocenters. The Morgan fingerprint density at radius 2 is 1.94 bits per heavy atom. The van der Waals surface area contributed by atoms with E-state index in [4.69, 9.17) is 16.3 Å². The number of hydrogen-bond acceptors (Lipinski definition) is 8. The van der Waals surface area contributed by atoms with Crippen LogP contribution in [0.2, 0.25) is 5.28 Å². The third kappa shape index (κ3) is 4.78. The molecule has 1 aromatic carbocycles. The Morgan fingerprint density at radius 1 is 1.12 bits per heavy atom. The van der Waals surface area contributed by atoms with Crippen LogP contribution >= 0.6 is 11.6 Å². The Morgan fingerprint density at radius 3 is 2.71 bits per heavy atom. The van der Waals surface area contributed by atoms with Gasteiger partial charge in [0.15, 0.2) is 0 Å². The number of aryl methyl sites for hydroxylation is 1. The smallest absolute Gasteiger partial charge is 0.224 e. The topological polar surface area (TPSA) is 81.4 Å². The van der Waals surface area contributed by atoms with E-state index in [1.807, 2.05) is 37.3 Å². The number of halogens is 1. The van der Waals surface area contributed by atoms with Crippen molar-refractivity contribution in [3.05, 3.63) is 53.1 Å². The Labute approximate surface area is 204 Å². The van der Waals surface area contributed by atoms with E-state index in [0.717, 1.165) is 73.9 Å². The van der Waals surface area contributed by atoms with Gasteiger partial charge in [0.2, 0.25) is 5.28 Å². The van der Waals surface area contributed by atoms with Crippen molar-refractivity contribution in [2.75, 3.05) is 55.6 Å². The second kappa shape index (κ2) is 9.71. The van der Waals surface area contributed by atoms with Gasteiger partial charge in [0.1, 0.15) is 11.9 Å². The van der Waals surface area contributed by atoms with Crippen molar-refractivity contribution in [2.45, 2.75) is 26.1 Å². The molecule has 5 rings (SSSR count). The largest absolute Gasteiger partial charge is 0.370 e. The quantitative estimate of drug-likeness (QED) is 0.529. The van der Waals surface area contributed by atoms with Gasteiger partial charge in [0.25, 0.3) is 0 Å². The summed E-state index contributed by atoms with van der Waals surface area (Å²) in [6, 6.07) is 12.2. The van der Waals surface area contributed by atoms with Crippen LogP contribution in [0, 0.1) is 18.3 Å². The van der Waals surface area contributed by atoms with Crippen molar-refractivity contribution < 1.29 is 4.74 Å². The summed E-state index contributed by atoms with van der Waals surface area (Å²) < 4.78 is 6.34. The minimum absolute atomic E-state index is 0.105. The lowest BCUT2D eigenvalue weighted by molar-refractivity contribution is -0.0327. The maximum atomic E-state index is 9.48. The number of nitriles is 1. The Bertz CT molecular complexity index is 1200. The molecule has 2 aliphatic heterocycles. The molecule has 2 aliphatic rings. The van der Waals surface area contributed by atoms with Crippen LogP contribution in [0.1, 0.15) is 18.2 Å². The van der Waals surface area contributed by atoms with Gasteiger partial charge < -0.3 is 14.5 Å². The van der Waals surface area contributed by atoms with Gasteiger partial charge in [-0.05, 0) is 49.7 Å². The molecule has 4 heterocycles. The van der Waals surface area contributed by atoms with Crippen molar-refractivity contribution in [1.29, 1.82) is 5.26 Å². The number of fused-ring (bicyclic) bond motifs is 1. The van der Waals surface area contributed by atoms with E-state index in [1.54, 1.807) is 6.20 Å². The van der Waals surface area contributed by atoms with Crippen LogP contribution in [-0.4, -0.2) is 77.9 Å². The second-order valence-corrected chi connectivity index (χ2v) is 9.38. The molecule has 2 saturated heterocycles. The van der Waals surface area contributed by atoms with Gasteiger partial charge in [-0.25, -0.2) is 9.97 Å². The molecule has 0 unspecified atom stereocenters. The molecule has 0 amide bonds. The molecule has 34 heavy (non-hydrogen) atoms. The van der Waals surface area contributed by atoms with E-state index in [0.29, 0.717) is 10.8 Å². The fourth-order valence-electron chi connectivity index (χ4n) is 4.99. The Kier molecular flexibility index (Phi) is 6.50. The van der Waals surface area contributed by atoms with Crippen LogP contribution < -0.4 is 9.80 Å². The highest BCUT2D eigenvalue weighted by Crippen LogP contribution is 2.30. The predicted molar refractivity (Wildman–Crippen MR) is 133 cm³/mol. The summed E-state index contributed by atoms with van der Waals surface area (Å²) in [5, 5.41) is 10.8. The van der Waals surface area contributed by atoms with Crippen LogP contribution in [0.15, 0.2) is 36.5 Å². The molecule has 9 heteroatoms. The molecule has 0 radical (unpaired) electrons. The number of nitrogens with zero attached hydrogens (tertiary/aromatic N) is 7. The maximum Gasteiger partial charge on any atom is 0.224 e. The summed E-state index contributed by atoms with van der Waals surface area (Å²) >= 11 is 6.06. The summed E-state index contributed by atoms with van der Waals surface area (Å²) in [6.45, 7) is 10.2. The summed E-state index contributed by atoms with van der Waals surface area (Å²) in [5.41, 5.74) is 3.36. The normalized spacial score (nSPS) is 21.6. The van der Waals surface area contributed by atoms with E-state index in [2.05, 4.69) is 42.6 Å². The minimum Gasteiger partial charge on any atom is -0.370 e. The predicted octanol–water partition coefficient (Wildman–Crippen LogP) is 3.27. The third-order valence-corrected chi connectivity index (χ3v) is 6.67. The van der Waals surface area contributed by atoms with Crippen LogP contribution in [0.5, 0.6) is 0 Å². The first-order chi connectivity index (χ1) is 16.5. The molecule has 0 spiro atoms. The number of aromatic nitrogens is 3. The lowest BCUT2D eigenvalue weighted by Gasteiger charge is -2.42. The van der Waals surface area contributed by atoms with Crippen molar-refractivity contribution in [1.82, 2.24) is 19.9 Å². The highest BCUT2D eigenvalue weighted by molar-refractivity contribution is 6.28. The van der Waals surface area contributed by atoms with Crippen molar-refractivity contribution in [3.8, 4) is 6.07 Å². The lowest BCUT2D eigenvalue weighted by atomic mass is 10.1. The number of pyridine rings is 1. The number of anilines is 2. The highest BCUT2D eigenvalue weighted by atomic mass is 35.5. The SMILES string of the molecule is Cc1cc(N2CCN(C[C@H]3CN(c4ccc(C#N)c5ncccc45)C[C@@H](C)O3)CC2)nc(Cl)n1. The van der Waals surface area contributed by atoms with E-state index in [1.165, 1.54) is 0 Å². The molecule has 8 nitrogen and oxygen atoms in total. The zero-order valence-corrected chi connectivity index (χ0v) is 20.2. The zero-order valence-electron chi connectivity index (χ0n) is 19.5. The fraction of sp³-hybridized carbons (Fsp3) is 0.440. The van der Waals surface area contributed by atoms with Gasteiger partial charge in [-0.1, -0.05) is 0 Å². The molecule has 0 bridgehead atoms. The summed E-state index contributed by atoms with van der Waals surface area (Å²) in [4.78, 5) is 20.1. The summed E-state index contributed by atoms with van der Waals surface area (Å²) in [5.74, 6) is 0.896. The number of morpholine rings is 1. The first kappa shape index (κ1) is 22.8. The molecular formula is C25H28ClN7O. The number of rotatable bonds is 4. The summed E-state index contributed by atoms with van der Waals surface area (Å²) in [6.07, 6.45) is 1.97. The van der Waals surface area contributed by atoms with Crippen molar-refractivity contribution in [3.63, 3.8) is 0 Å². The first-order valence-corrected chi connectivity index (χ1v) is 12.0. The van der Waals surface area contributed by atoms with Gasteiger partial charge in [0, 0.05) is 74.8 Å². The van der Waals surface area contributed by atoms with E-state index in [9.17, 15) is 5.26 Å². The van der Waals surface area contributed by atoms with Gasteiger partial charge in [0.05, 0.1) is 23.3 Å². The molecule has 0 saturated carbocycles. The molecule has 0 aliphatic carbocycles. The molecular weight excluding hydrogens is 450 g/mol. The monoisotopic (exact) mass is 477 g/mol. The highest BCUT2D eigenvalue weighted by Gasteiger charge is 2.29. The zero-order chi connectivity index (χ0) is 23.7. The van der Waals surface area contributed by atoms with Gasteiger partial charge >= 0.3 is 0 Å². The van der Waals surface area contributed by atoms with E-state index >= 15 is 0 Å². The Balaban J connectivity index is 1.26. The van der Waals surface area contributed by atoms with E-state index in [-0.39, 0.29) is 12.2 Å². The van der Waals surface area contributed by atoms with Crippen molar-refractivity contribution in [2.24, 2.45) is 0 Å². The van der Waals surface area contributed by atoms with Gasteiger partial charge in [-0.15, -0.1) is 0 Å². The number of hydrogen-bond donors (Lipinski definition) is 0. The van der Waals surface area contributed by atoms with Crippen LogP contribution in [0.3, 0.4) is 0 Å². The average Bonchev–Trinajstić information content (AvgIpc) is 2.83. The maximum absolute atomic E-state index is 9.48. The lowest BCUT2D eigenvalue weighted by Crippen LogP contribution is -2.54. The first-order valence-electron chi connectivity index (χ1n) is 11.7. The standard InChI is InChI=1S/C25H28ClN7O/c1-17-12-23(30-25(26)29-17)32-10-8-31(9-11-32)15-20-16-33(14-18(2)34-20)22-6-5-19(13-27)24-21(22)4-3-7-28-24/h3-7,12,18,20H,8-11,14-16H2,1-2H3/t18-,20+/m1/s1. The third-order valence-electron chi connectivity index (χ3n) is 6.51. The fourth-order valence-corrected chi connectivity index (χ4v) is 5.21. The molecule has 0 N–H and O–H groups in total. The van der Waals surface area contributed by atoms with Gasteiger partial charge in [-0.2, -0.15) is 5.26 Å². The van der Waals surface area contributed by atoms with Crippen LogP contribution in [0.4, 0.5) is 11.5 Å². The molecule has 3 aromatic rings. The minimum atomic E-state index is 0.105. The molecule has 176 valence electrons. The number of piperazine rings is 1.